The third-order valence-electron chi connectivity index (χ3n) is 5.55. The molecular weight excluding hydrogens is 692 g/mol. The fraction of sp³-hybridized carbons (Fsp3) is 0.162. The summed E-state index contributed by atoms with van der Waals surface area (Å²) in [5.74, 6) is 9.74. The predicted octanol–water partition coefficient (Wildman–Crippen LogP) is 7.53. The van der Waals surface area contributed by atoms with Crippen LogP contribution in [0.15, 0.2) is 83.8 Å². The molecule has 0 heterocycles. The van der Waals surface area contributed by atoms with Crippen LogP contribution in [0.5, 0.6) is 11.5 Å². The zero-order chi connectivity index (χ0) is 36.2. The van der Waals surface area contributed by atoms with E-state index < -0.39 is 31.0 Å². The highest BCUT2D eigenvalue weighted by Crippen LogP contribution is 2.24. The fourth-order valence-corrected chi connectivity index (χ4v) is 4.58. The molecule has 4 rings (SSSR count). The molecule has 0 bridgehead atoms. The standard InChI is InChI=1S/C18H15ClO4S.C17H9ClFNO3.C2H6/c19-15-6-7-17(23-12-18(21)22)14(11-15)5-4-13-2-1-3-16(10-13)24-9-8-20;18-14-4-6-16(23-10-17(21)22)13(8-14)3-2-12-7-11(9-20)1-5-15(12)19;1-2/h1-3,6-7,10-11,20H,8-9,12H2,(H,21,22);1,4-8H,10H2,(H,21,22);1-2H3. The van der Waals surface area contributed by atoms with Crippen LogP contribution in [0.4, 0.5) is 4.39 Å². The first kappa shape index (κ1) is 40.0. The Morgan fingerprint density at radius 2 is 1.31 bits per heavy atom. The minimum atomic E-state index is -1.13. The third kappa shape index (κ3) is 14.7. The van der Waals surface area contributed by atoms with Gasteiger partial charge in [-0.15, -0.1) is 11.8 Å². The van der Waals surface area contributed by atoms with Crippen molar-refractivity contribution in [3.05, 3.63) is 123 Å². The highest BCUT2D eigenvalue weighted by molar-refractivity contribution is 7.99. The van der Waals surface area contributed by atoms with Crippen molar-refractivity contribution in [2.24, 2.45) is 0 Å². The van der Waals surface area contributed by atoms with E-state index in [1.807, 2.05) is 44.2 Å². The topological polar surface area (TPSA) is 137 Å². The zero-order valence-corrected chi connectivity index (χ0v) is 28.6. The number of thioether (sulfide) groups is 1. The van der Waals surface area contributed by atoms with E-state index in [1.165, 1.54) is 30.3 Å². The molecule has 4 aromatic rings. The van der Waals surface area contributed by atoms with Crippen LogP contribution in [-0.2, 0) is 9.59 Å². The summed E-state index contributed by atoms with van der Waals surface area (Å²) in [6, 6.07) is 22.7. The molecule has 0 spiro atoms. The molecule has 0 fully saturated rings. The van der Waals surface area contributed by atoms with Gasteiger partial charge in [-0.05, 0) is 72.8 Å². The lowest BCUT2D eigenvalue weighted by Crippen LogP contribution is -2.10. The Labute approximate surface area is 298 Å². The fourth-order valence-electron chi connectivity index (χ4n) is 3.52. The van der Waals surface area contributed by atoms with Crippen molar-refractivity contribution in [3.8, 4) is 41.2 Å². The van der Waals surface area contributed by atoms with Gasteiger partial charge < -0.3 is 24.8 Å². The summed E-state index contributed by atoms with van der Waals surface area (Å²) in [6.07, 6.45) is 0. The number of benzene rings is 4. The first-order valence-electron chi connectivity index (χ1n) is 14.4. The van der Waals surface area contributed by atoms with Crippen molar-refractivity contribution < 1.29 is 38.8 Å². The lowest BCUT2D eigenvalue weighted by molar-refractivity contribution is -0.140. The van der Waals surface area contributed by atoms with Gasteiger partial charge in [-0.2, -0.15) is 5.26 Å². The number of carboxylic acid groups (broad SMARTS) is 2. The molecule has 8 nitrogen and oxygen atoms in total. The number of aliphatic carboxylic acids is 2. The lowest BCUT2D eigenvalue weighted by atomic mass is 10.1. The first-order chi connectivity index (χ1) is 23.6. The second-order valence-electron chi connectivity index (χ2n) is 9.05. The van der Waals surface area contributed by atoms with Crippen LogP contribution in [0.25, 0.3) is 0 Å². The molecule has 0 aliphatic heterocycles. The van der Waals surface area contributed by atoms with Gasteiger partial charge in [-0.1, -0.05) is 66.8 Å². The molecular formula is C37H30Cl2FNO7S. The second-order valence-corrected chi connectivity index (χ2v) is 11.1. The van der Waals surface area contributed by atoms with Gasteiger partial charge in [0.15, 0.2) is 13.2 Å². The number of rotatable bonds is 9. The SMILES string of the molecule is CC.N#Cc1ccc(F)c(C#Cc2cc(Cl)ccc2OCC(=O)O)c1.O=C(O)COc1ccc(Cl)cc1C#Cc1cccc(SCCO)c1. The number of nitriles is 1. The molecule has 0 saturated carbocycles. The summed E-state index contributed by atoms with van der Waals surface area (Å²) in [5.41, 5.74) is 1.98. The smallest absolute Gasteiger partial charge is 0.341 e. The molecule has 12 heteroatoms. The molecule has 0 aliphatic rings. The third-order valence-corrected chi connectivity index (χ3v) is 6.99. The first-order valence-corrected chi connectivity index (χ1v) is 16.2. The number of aliphatic hydroxyl groups is 1. The number of hydrogen-bond donors (Lipinski definition) is 3. The Morgan fingerprint density at radius 3 is 1.84 bits per heavy atom. The summed E-state index contributed by atoms with van der Waals surface area (Å²) in [6.45, 7) is 3.14. The number of nitrogens with zero attached hydrogens (tertiary/aromatic N) is 1. The van der Waals surface area contributed by atoms with E-state index in [4.69, 9.17) is 53.3 Å². The van der Waals surface area contributed by atoms with Crippen LogP contribution < -0.4 is 9.47 Å². The molecule has 49 heavy (non-hydrogen) atoms. The van der Waals surface area contributed by atoms with E-state index in [9.17, 15) is 14.0 Å². The number of carboxylic acids is 2. The van der Waals surface area contributed by atoms with Gasteiger partial charge in [0.1, 0.15) is 17.3 Å². The van der Waals surface area contributed by atoms with Gasteiger partial charge in [0.2, 0.25) is 0 Å². The van der Waals surface area contributed by atoms with Crippen molar-refractivity contribution in [2.45, 2.75) is 18.7 Å². The number of ether oxygens (including phenoxy) is 2. The molecule has 3 N–H and O–H groups in total. The van der Waals surface area contributed by atoms with Crippen LogP contribution in [0.1, 0.15) is 41.7 Å². The van der Waals surface area contributed by atoms with Gasteiger partial charge in [-0.25, -0.2) is 14.0 Å². The monoisotopic (exact) mass is 721 g/mol. The van der Waals surface area contributed by atoms with Crippen LogP contribution >= 0.6 is 35.0 Å². The highest BCUT2D eigenvalue weighted by Gasteiger charge is 2.07. The van der Waals surface area contributed by atoms with E-state index in [0.717, 1.165) is 16.5 Å². The van der Waals surface area contributed by atoms with Crippen molar-refractivity contribution >= 4 is 46.9 Å². The van der Waals surface area contributed by atoms with Crippen LogP contribution in [-0.4, -0.2) is 52.8 Å². The van der Waals surface area contributed by atoms with Crippen LogP contribution in [0.2, 0.25) is 10.0 Å². The lowest BCUT2D eigenvalue weighted by Gasteiger charge is -2.06. The molecule has 0 atom stereocenters. The largest absolute Gasteiger partial charge is 0.481 e. The van der Waals surface area contributed by atoms with Gasteiger partial charge in [-0.3, -0.25) is 0 Å². The van der Waals surface area contributed by atoms with E-state index >= 15 is 0 Å². The summed E-state index contributed by atoms with van der Waals surface area (Å²) < 4.78 is 24.0. The Hall–Kier alpha value is -5.15. The van der Waals surface area contributed by atoms with Gasteiger partial charge in [0.05, 0.1) is 34.9 Å². The molecule has 252 valence electrons. The van der Waals surface area contributed by atoms with Gasteiger partial charge in [0, 0.05) is 26.3 Å². The van der Waals surface area contributed by atoms with Crippen LogP contribution in [0.3, 0.4) is 0 Å². The molecule has 4 aromatic carbocycles. The predicted molar refractivity (Wildman–Crippen MR) is 188 cm³/mol. The average Bonchev–Trinajstić information content (AvgIpc) is 3.10. The van der Waals surface area contributed by atoms with E-state index in [0.29, 0.717) is 32.7 Å². The normalized spacial score (nSPS) is 9.41. The highest BCUT2D eigenvalue weighted by atomic mass is 35.5. The van der Waals surface area contributed by atoms with Gasteiger partial charge >= 0.3 is 11.9 Å². The van der Waals surface area contributed by atoms with Crippen LogP contribution in [0, 0.1) is 40.8 Å². The minimum Gasteiger partial charge on any atom is -0.481 e. The number of hydrogen-bond acceptors (Lipinski definition) is 7. The number of halogens is 3. The minimum absolute atomic E-state index is 0.0493. The quantitative estimate of drug-likeness (QED) is 0.118. The molecule has 0 aliphatic carbocycles. The summed E-state index contributed by atoms with van der Waals surface area (Å²) in [5, 5.41) is 36.0. The maximum atomic E-state index is 13.7. The zero-order valence-electron chi connectivity index (χ0n) is 26.3. The van der Waals surface area contributed by atoms with Crippen molar-refractivity contribution in [3.63, 3.8) is 0 Å². The Balaban J connectivity index is 0.000000324. The average molecular weight is 723 g/mol. The Morgan fingerprint density at radius 1 is 0.755 bits per heavy atom. The molecule has 0 aromatic heterocycles. The van der Waals surface area contributed by atoms with E-state index in [2.05, 4.69) is 23.7 Å². The maximum absolute atomic E-state index is 13.7. The van der Waals surface area contributed by atoms with Crippen molar-refractivity contribution in [1.82, 2.24) is 0 Å². The molecule has 0 amide bonds. The van der Waals surface area contributed by atoms with Gasteiger partial charge in [0.25, 0.3) is 0 Å². The summed E-state index contributed by atoms with van der Waals surface area (Å²) in [4.78, 5) is 22.2. The van der Waals surface area contributed by atoms with Crippen molar-refractivity contribution in [2.75, 3.05) is 25.6 Å². The van der Waals surface area contributed by atoms with Crippen molar-refractivity contribution in [1.29, 1.82) is 5.26 Å². The number of aliphatic hydroxyl groups excluding tert-OH is 1. The Kier molecular flexibility index (Phi) is 17.7. The Bertz CT molecular complexity index is 1920. The summed E-state index contributed by atoms with van der Waals surface area (Å²) >= 11 is 13.4. The maximum Gasteiger partial charge on any atom is 0.341 e. The number of carbonyl (C=O) groups is 2. The molecule has 0 radical (unpaired) electrons. The van der Waals surface area contributed by atoms with E-state index in [-0.39, 0.29) is 23.5 Å². The second kappa shape index (κ2) is 21.7. The molecule has 0 saturated heterocycles. The summed E-state index contributed by atoms with van der Waals surface area (Å²) in [7, 11) is 0. The molecule has 0 unspecified atom stereocenters. The van der Waals surface area contributed by atoms with E-state index in [1.54, 1.807) is 30.0 Å².